The van der Waals surface area contributed by atoms with Crippen LogP contribution in [-0.2, 0) is 6.42 Å². The number of nitrogens with zero attached hydrogens (tertiary/aromatic N) is 3. The smallest absolute Gasteiger partial charge is 0.291 e. The van der Waals surface area contributed by atoms with Gasteiger partial charge in [0.2, 0.25) is 4.96 Å². The van der Waals surface area contributed by atoms with Crippen molar-refractivity contribution >= 4 is 34.5 Å². The van der Waals surface area contributed by atoms with Crippen molar-refractivity contribution < 1.29 is 9.47 Å². The van der Waals surface area contributed by atoms with Crippen molar-refractivity contribution in [2.45, 2.75) is 13.3 Å². The van der Waals surface area contributed by atoms with Crippen LogP contribution in [0, 0.1) is 0 Å². The van der Waals surface area contributed by atoms with Crippen LogP contribution in [0.2, 0.25) is 0 Å². The average Bonchev–Trinajstić information content (AvgIpc) is 3.31. The highest BCUT2D eigenvalue weighted by atomic mass is 32.1. The van der Waals surface area contributed by atoms with E-state index in [0.717, 1.165) is 17.5 Å². The zero-order valence-electron chi connectivity index (χ0n) is 17.0. The minimum atomic E-state index is -0.159. The zero-order chi connectivity index (χ0) is 21.1. The van der Waals surface area contributed by atoms with E-state index in [1.54, 1.807) is 20.3 Å². The van der Waals surface area contributed by atoms with Gasteiger partial charge in [0, 0.05) is 0 Å². The maximum absolute atomic E-state index is 12.7. The Morgan fingerprint density at radius 1 is 1.00 bits per heavy atom. The molecule has 30 heavy (non-hydrogen) atoms. The van der Waals surface area contributed by atoms with Crippen LogP contribution in [0.25, 0.3) is 23.2 Å². The van der Waals surface area contributed by atoms with Crippen LogP contribution in [0.15, 0.2) is 47.3 Å². The van der Waals surface area contributed by atoms with Crippen molar-refractivity contribution in [2.24, 2.45) is 0 Å². The second kappa shape index (κ2) is 8.51. The standard InChI is InChI=1S/C23H21N3O3S/c1-4-15-5-7-17(8-6-15)14-20-22(27)26-23(30-20)24-21(25-26)12-10-16-9-11-18(28-2)19(13-16)29-3/h5-14H,4H2,1-3H3. The summed E-state index contributed by atoms with van der Waals surface area (Å²) in [6.45, 7) is 2.12. The van der Waals surface area contributed by atoms with Crippen molar-refractivity contribution in [1.29, 1.82) is 0 Å². The molecule has 0 saturated heterocycles. The molecule has 0 saturated carbocycles. The van der Waals surface area contributed by atoms with E-state index in [0.29, 0.717) is 26.8 Å². The average molecular weight is 420 g/mol. The molecule has 2 heterocycles. The number of benzene rings is 2. The summed E-state index contributed by atoms with van der Waals surface area (Å²) in [4.78, 5) is 17.7. The molecule has 4 rings (SSSR count). The highest BCUT2D eigenvalue weighted by Crippen LogP contribution is 2.28. The van der Waals surface area contributed by atoms with Gasteiger partial charge in [-0.2, -0.15) is 9.50 Å². The molecule has 2 aromatic carbocycles. The third-order valence-electron chi connectivity index (χ3n) is 4.72. The van der Waals surface area contributed by atoms with Gasteiger partial charge in [0.15, 0.2) is 17.3 Å². The predicted octanol–water partition coefficient (Wildman–Crippen LogP) is 3.45. The Morgan fingerprint density at radius 3 is 2.40 bits per heavy atom. The molecular formula is C23H21N3O3S. The molecule has 0 N–H and O–H groups in total. The van der Waals surface area contributed by atoms with E-state index < -0.39 is 0 Å². The normalized spacial score (nSPS) is 12.2. The quantitative estimate of drug-likeness (QED) is 0.479. The number of methoxy groups -OCH3 is 2. The Kier molecular flexibility index (Phi) is 5.63. The SMILES string of the molecule is CCc1ccc(C=c2sc3nc(C=Cc4ccc(OC)c(OC)c4)nn3c2=O)cc1. The third kappa shape index (κ3) is 3.97. The summed E-state index contributed by atoms with van der Waals surface area (Å²) in [7, 11) is 3.19. The van der Waals surface area contributed by atoms with Gasteiger partial charge in [-0.15, -0.1) is 5.10 Å². The fraction of sp³-hybridized carbons (Fsp3) is 0.174. The first-order valence-corrected chi connectivity index (χ1v) is 10.3. The van der Waals surface area contributed by atoms with Gasteiger partial charge in [-0.25, -0.2) is 0 Å². The van der Waals surface area contributed by atoms with Crippen molar-refractivity contribution in [1.82, 2.24) is 14.6 Å². The van der Waals surface area contributed by atoms with Crippen molar-refractivity contribution in [3.63, 3.8) is 0 Å². The summed E-state index contributed by atoms with van der Waals surface area (Å²) in [5.41, 5.74) is 3.01. The molecule has 0 bridgehead atoms. The number of ether oxygens (including phenoxy) is 2. The summed E-state index contributed by atoms with van der Waals surface area (Å²) in [5.74, 6) is 1.79. The van der Waals surface area contributed by atoms with Gasteiger partial charge in [0.25, 0.3) is 5.56 Å². The number of hydrogen-bond donors (Lipinski definition) is 0. The Balaban J connectivity index is 1.61. The monoisotopic (exact) mass is 419 g/mol. The molecule has 0 fully saturated rings. The minimum absolute atomic E-state index is 0.159. The zero-order valence-corrected chi connectivity index (χ0v) is 17.8. The van der Waals surface area contributed by atoms with E-state index in [9.17, 15) is 4.79 Å². The largest absolute Gasteiger partial charge is 0.493 e. The molecule has 0 radical (unpaired) electrons. The summed E-state index contributed by atoms with van der Waals surface area (Å²) < 4.78 is 12.5. The van der Waals surface area contributed by atoms with Crippen LogP contribution in [-0.4, -0.2) is 28.8 Å². The molecule has 0 aliphatic heterocycles. The van der Waals surface area contributed by atoms with Gasteiger partial charge in [-0.3, -0.25) is 4.79 Å². The topological polar surface area (TPSA) is 65.7 Å². The van der Waals surface area contributed by atoms with E-state index in [1.165, 1.54) is 21.4 Å². The number of hydrogen-bond acceptors (Lipinski definition) is 6. The van der Waals surface area contributed by atoms with Gasteiger partial charge < -0.3 is 9.47 Å². The van der Waals surface area contributed by atoms with Gasteiger partial charge in [0.05, 0.1) is 18.8 Å². The second-order valence-electron chi connectivity index (χ2n) is 6.62. The lowest BCUT2D eigenvalue weighted by Gasteiger charge is -2.07. The Morgan fingerprint density at radius 2 is 1.73 bits per heavy atom. The van der Waals surface area contributed by atoms with E-state index >= 15 is 0 Å². The van der Waals surface area contributed by atoms with E-state index in [1.807, 2.05) is 42.5 Å². The Bertz CT molecular complexity index is 1320. The lowest BCUT2D eigenvalue weighted by Crippen LogP contribution is -2.23. The van der Waals surface area contributed by atoms with Gasteiger partial charge in [0.1, 0.15) is 0 Å². The lowest BCUT2D eigenvalue weighted by atomic mass is 10.1. The van der Waals surface area contributed by atoms with Crippen molar-refractivity contribution in [2.75, 3.05) is 14.2 Å². The number of aryl methyl sites for hydroxylation is 1. The molecule has 0 spiro atoms. The van der Waals surface area contributed by atoms with E-state index in [-0.39, 0.29) is 5.56 Å². The fourth-order valence-corrected chi connectivity index (χ4v) is 3.96. The van der Waals surface area contributed by atoms with Crippen LogP contribution in [0.4, 0.5) is 0 Å². The summed E-state index contributed by atoms with van der Waals surface area (Å²) in [6.07, 6.45) is 6.51. The summed E-state index contributed by atoms with van der Waals surface area (Å²) in [5, 5.41) is 4.33. The first-order chi connectivity index (χ1) is 14.6. The first kappa shape index (κ1) is 19.8. The number of thiazole rings is 1. The molecule has 0 amide bonds. The van der Waals surface area contributed by atoms with Crippen LogP contribution in [0.1, 0.15) is 29.4 Å². The number of fused-ring (bicyclic) bond motifs is 1. The molecule has 2 aromatic heterocycles. The fourth-order valence-electron chi connectivity index (χ4n) is 3.05. The molecule has 7 heteroatoms. The van der Waals surface area contributed by atoms with Crippen LogP contribution >= 0.6 is 11.3 Å². The van der Waals surface area contributed by atoms with E-state index in [2.05, 4.69) is 29.1 Å². The summed E-state index contributed by atoms with van der Waals surface area (Å²) >= 11 is 1.33. The van der Waals surface area contributed by atoms with Crippen molar-refractivity contribution in [3.05, 3.63) is 79.9 Å². The Hall–Kier alpha value is -3.45. The maximum Gasteiger partial charge on any atom is 0.291 e. The molecule has 0 aliphatic carbocycles. The van der Waals surface area contributed by atoms with Gasteiger partial charge in [-0.05, 0) is 47.4 Å². The second-order valence-corrected chi connectivity index (χ2v) is 7.63. The predicted molar refractivity (Wildman–Crippen MR) is 120 cm³/mol. The van der Waals surface area contributed by atoms with Crippen LogP contribution < -0.4 is 19.6 Å². The molecule has 0 aliphatic rings. The van der Waals surface area contributed by atoms with Crippen molar-refractivity contribution in [3.8, 4) is 11.5 Å². The molecular weight excluding hydrogens is 398 g/mol. The van der Waals surface area contributed by atoms with Gasteiger partial charge in [-0.1, -0.05) is 54.7 Å². The number of aromatic nitrogens is 3. The maximum atomic E-state index is 12.7. The highest BCUT2D eigenvalue weighted by Gasteiger charge is 2.09. The number of rotatable bonds is 6. The molecule has 0 unspecified atom stereocenters. The molecule has 152 valence electrons. The minimum Gasteiger partial charge on any atom is -0.493 e. The molecule has 0 atom stereocenters. The molecule has 4 aromatic rings. The lowest BCUT2D eigenvalue weighted by molar-refractivity contribution is 0.355. The first-order valence-electron chi connectivity index (χ1n) is 9.51. The third-order valence-corrected chi connectivity index (χ3v) is 5.68. The van der Waals surface area contributed by atoms with Crippen LogP contribution in [0.3, 0.4) is 0 Å². The Labute approximate surface area is 177 Å². The molecule has 6 nitrogen and oxygen atoms in total. The van der Waals surface area contributed by atoms with E-state index in [4.69, 9.17) is 9.47 Å². The van der Waals surface area contributed by atoms with Gasteiger partial charge >= 0.3 is 0 Å². The highest BCUT2D eigenvalue weighted by molar-refractivity contribution is 7.15. The summed E-state index contributed by atoms with van der Waals surface area (Å²) in [6, 6.07) is 13.8. The van der Waals surface area contributed by atoms with Crippen LogP contribution in [0.5, 0.6) is 11.5 Å².